The fraction of sp³-hybridized carbons (Fsp3) is 0.0714. The molecule has 0 bridgehead atoms. The molecule has 2 aromatic rings. The predicted molar refractivity (Wildman–Crippen MR) is 87.6 cm³/mol. The number of benzene rings is 2. The summed E-state index contributed by atoms with van der Waals surface area (Å²) in [7, 11) is 0. The van der Waals surface area contributed by atoms with Crippen molar-refractivity contribution in [3.8, 4) is 0 Å². The zero-order chi connectivity index (χ0) is 15.6. The van der Waals surface area contributed by atoms with Crippen molar-refractivity contribution < 1.29 is 9.72 Å². The molecule has 21 heavy (non-hydrogen) atoms. The topological polar surface area (TPSA) is 72.2 Å². The number of nitrogens with one attached hydrogen (secondary N) is 1. The Hall–Kier alpha value is -1.73. The number of rotatable bonds is 3. The minimum absolute atomic E-state index is 0.0494. The van der Waals surface area contributed by atoms with Crippen LogP contribution in [-0.2, 0) is 0 Å². The van der Waals surface area contributed by atoms with Crippen LogP contribution in [-0.4, -0.2) is 10.8 Å². The van der Waals surface area contributed by atoms with Crippen LogP contribution in [0.2, 0.25) is 0 Å². The van der Waals surface area contributed by atoms with Gasteiger partial charge in [-0.15, -0.1) is 0 Å². The van der Waals surface area contributed by atoms with Crippen LogP contribution in [0.3, 0.4) is 0 Å². The Balaban J connectivity index is 2.26. The number of amides is 1. The Morgan fingerprint density at radius 3 is 2.52 bits per heavy atom. The molecule has 5 nitrogen and oxygen atoms in total. The summed E-state index contributed by atoms with van der Waals surface area (Å²) in [6.45, 7) is 1.84. The number of halogens is 2. The number of hydrogen-bond acceptors (Lipinski definition) is 3. The average molecular weight is 414 g/mol. The second kappa shape index (κ2) is 6.36. The summed E-state index contributed by atoms with van der Waals surface area (Å²) in [5.41, 5.74) is 1.82. The van der Waals surface area contributed by atoms with Crippen molar-refractivity contribution in [2.75, 3.05) is 5.32 Å². The molecule has 0 fully saturated rings. The summed E-state index contributed by atoms with van der Waals surface area (Å²) < 4.78 is 1.12. The first-order chi connectivity index (χ1) is 9.88. The van der Waals surface area contributed by atoms with E-state index in [4.69, 9.17) is 0 Å². The SMILES string of the molecule is Cc1ccc(Br)cc1C(=O)Nc1ccc([N+](=O)[O-])c(Br)c1. The first kappa shape index (κ1) is 15.7. The largest absolute Gasteiger partial charge is 0.322 e. The van der Waals surface area contributed by atoms with Gasteiger partial charge in [0, 0.05) is 21.8 Å². The van der Waals surface area contributed by atoms with Crippen molar-refractivity contribution in [2.45, 2.75) is 6.92 Å². The molecule has 0 saturated heterocycles. The van der Waals surface area contributed by atoms with Crippen LogP contribution >= 0.6 is 31.9 Å². The van der Waals surface area contributed by atoms with Gasteiger partial charge in [-0.1, -0.05) is 22.0 Å². The molecule has 0 radical (unpaired) electrons. The number of nitrogens with zero attached hydrogens (tertiary/aromatic N) is 1. The van der Waals surface area contributed by atoms with E-state index in [0.717, 1.165) is 10.0 Å². The predicted octanol–water partition coefficient (Wildman–Crippen LogP) is 4.68. The lowest BCUT2D eigenvalue weighted by Crippen LogP contribution is -2.13. The Bertz CT molecular complexity index is 732. The van der Waals surface area contributed by atoms with E-state index in [2.05, 4.69) is 37.2 Å². The summed E-state index contributed by atoms with van der Waals surface area (Å²) >= 11 is 6.44. The van der Waals surface area contributed by atoms with Gasteiger partial charge in [0.15, 0.2) is 0 Å². The Labute approximate surface area is 137 Å². The first-order valence-corrected chi connectivity index (χ1v) is 7.48. The van der Waals surface area contributed by atoms with Gasteiger partial charge in [0.1, 0.15) is 0 Å². The van der Waals surface area contributed by atoms with Crippen molar-refractivity contribution in [1.82, 2.24) is 0 Å². The van der Waals surface area contributed by atoms with Gasteiger partial charge in [-0.3, -0.25) is 14.9 Å². The Kier molecular flexibility index (Phi) is 4.74. The Morgan fingerprint density at radius 1 is 1.19 bits per heavy atom. The molecule has 0 spiro atoms. The summed E-state index contributed by atoms with van der Waals surface area (Å²) in [4.78, 5) is 22.5. The molecule has 108 valence electrons. The lowest BCUT2D eigenvalue weighted by molar-refractivity contribution is -0.385. The van der Waals surface area contributed by atoms with Gasteiger partial charge in [-0.05, 0) is 52.7 Å². The molecule has 2 aromatic carbocycles. The van der Waals surface area contributed by atoms with Gasteiger partial charge >= 0.3 is 0 Å². The van der Waals surface area contributed by atoms with Crippen molar-refractivity contribution >= 4 is 49.1 Å². The summed E-state index contributed by atoms with van der Waals surface area (Å²) in [5.74, 6) is -0.269. The van der Waals surface area contributed by atoms with Gasteiger partial charge in [-0.2, -0.15) is 0 Å². The highest BCUT2D eigenvalue weighted by Gasteiger charge is 2.14. The van der Waals surface area contributed by atoms with E-state index in [-0.39, 0.29) is 11.6 Å². The second-order valence-corrected chi connectivity index (χ2v) is 6.11. The smallest absolute Gasteiger partial charge is 0.283 e. The molecule has 0 atom stereocenters. The molecule has 0 aliphatic heterocycles. The summed E-state index contributed by atoms with van der Waals surface area (Å²) in [6.07, 6.45) is 0. The number of anilines is 1. The number of carbonyl (C=O) groups excluding carboxylic acids is 1. The van der Waals surface area contributed by atoms with Crippen LogP contribution in [0.4, 0.5) is 11.4 Å². The van der Waals surface area contributed by atoms with Gasteiger partial charge in [-0.25, -0.2) is 0 Å². The Morgan fingerprint density at radius 2 is 1.90 bits per heavy atom. The molecule has 0 aromatic heterocycles. The van der Waals surface area contributed by atoms with Gasteiger partial charge < -0.3 is 5.32 Å². The van der Waals surface area contributed by atoms with E-state index in [1.165, 1.54) is 18.2 Å². The highest BCUT2D eigenvalue weighted by atomic mass is 79.9. The zero-order valence-corrected chi connectivity index (χ0v) is 14.1. The van der Waals surface area contributed by atoms with E-state index in [1.54, 1.807) is 6.07 Å². The van der Waals surface area contributed by atoms with Gasteiger partial charge in [0.2, 0.25) is 0 Å². The average Bonchev–Trinajstić information content (AvgIpc) is 2.41. The van der Waals surface area contributed by atoms with E-state index in [9.17, 15) is 14.9 Å². The van der Waals surface area contributed by atoms with Crippen LogP contribution in [0, 0.1) is 17.0 Å². The zero-order valence-electron chi connectivity index (χ0n) is 10.9. The van der Waals surface area contributed by atoms with E-state index >= 15 is 0 Å². The highest BCUT2D eigenvalue weighted by molar-refractivity contribution is 9.10. The molecule has 1 N–H and O–H groups in total. The molecule has 0 aliphatic carbocycles. The maximum absolute atomic E-state index is 12.2. The van der Waals surface area contributed by atoms with Crippen LogP contribution in [0.15, 0.2) is 45.3 Å². The molecule has 0 aliphatic rings. The minimum Gasteiger partial charge on any atom is -0.322 e. The highest BCUT2D eigenvalue weighted by Crippen LogP contribution is 2.28. The number of hydrogen-bond donors (Lipinski definition) is 1. The lowest BCUT2D eigenvalue weighted by atomic mass is 10.1. The molecule has 0 saturated carbocycles. The minimum atomic E-state index is -0.492. The molecule has 1 amide bonds. The standard InChI is InChI=1S/C14H10Br2N2O3/c1-8-2-3-9(15)6-11(8)14(19)17-10-4-5-13(18(20)21)12(16)7-10/h2-7H,1H3,(H,17,19). The van der Waals surface area contributed by atoms with E-state index < -0.39 is 4.92 Å². The molecule has 2 rings (SSSR count). The molecule has 0 heterocycles. The third-order valence-corrected chi connectivity index (χ3v) is 3.97. The quantitative estimate of drug-likeness (QED) is 0.586. The monoisotopic (exact) mass is 412 g/mol. The van der Waals surface area contributed by atoms with E-state index in [0.29, 0.717) is 15.7 Å². The van der Waals surface area contributed by atoms with Crippen molar-refractivity contribution in [3.05, 3.63) is 66.6 Å². The third kappa shape index (κ3) is 3.68. The van der Waals surface area contributed by atoms with Crippen LogP contribution in [0.5, 0.6) is 0 Å². The maximum Gasteiger partial charge on any atom is 0.283 e. The van der Waals surface area contributed by atoms with Gasteiger partial charge in [0.25, 0.3) is 11.6 Å². The van der Waals surface area contributed by atoms with E-state index in [1.807, 2.05) is 19.1 Å². The number of nitro benzene ring substituents is 1. The maximum atomic E-state index is 12.2. The number of aryl methyl sites for hydroxylation is 1. The fourth-order valence-corrected chi connectivity index (χ4v) is 2.65. The van der Waals surface area contributed by atoms with Crippen molar-refractivity contribution in [3.63, 3.8) is 0 Å². The molecule has 7 heteroatoms. The third-order valence-electron chi connectivity index (χ3n) is 2.85. The molecule has 0 unspecified atom stereocenters. The van der Waals surface area contributed by atoms with Gasteiger partial charge in [0.05, 0.1) is 9.40 Å². The first-order valence-electron chi connectivity index (χ1n) is 5.90. The van der Waals surface area contributed by atoms with Crippen LogP contribution in [0.25, 0.3) is 0 Å². The fourth-order valence-electron chi connectivity index (χ4n) is 1.77. The summed E-state index contributed by atoms with van der Waals surface area (Å²) in [6, 6.07) is 9.76. The lowest BCUT2D eigenvalue weighted by Gasteiger charge is -2.08. The van der Waals surface area contributed by atoms with Crippen LogP contribution < -0.4 is 5.32 Å². The number of carbonyl (C=O) groups is 1. The molecular formula is C14H10Br2N2O3. The normalized spacial score (nSPS) is 10.2. The van der Waals surface area contributed by atoms with Crippen molar-refractivity contribution in [1.29, 1.82) is 0 Å². The van der Waals surface area contributed by atoms with Crippen LogP contribution in [0.1, 0.15) is 15.9 Å². The number of nitro groups is 1. The second-order valence-electron chi connectivity index (χ2n) is 4.34. The summed E-state index contributed by atoms with van der Waals surface area (Å²) in [5, 5.41) is 13.5. The molecular weight excluding hydrogens is 404 g/mol. The van der Waals surface area contributed by atoms with Crippen molar-refractivity contribution in [2.24, 2.45) is 0 Å².